The van der Waals surface area contributed by atoms with Gasteiger partial charge in [-0.25, -0.2) is 23.1 Å². The average Bonchev–Trinajstić information content (AvgIpc) is 3.37. The summed E-state index contributed by atoms with van der Waals surface area (Å²) in [4.78, 5) is 57.3. The number of fused-ring (bicyclic) bond motifs is 1. The fourth-order valence-electron chi connectivity index (χ4n) is 5.17. The third kappa shape index (κ3) is 8.52. The highest BCUT2D eigenvalue weighted by atomic mass is 35.5. The van der Waals surface area contributed by atoms with Gasteiger partial charge in [0.1, 0.15) is 17.7 Å². The molecule has 4 rings (SSSR count). The number of oxazole rings is 1. The number of carbonyl (C=O) groups is 4. The van der Waals surface area contributed by atoms with Crippen LogP contribution in [-0.2, 0) is 33.9 Å². The molecule has 1 aromatic carbocycles. The van der Waals surface area contributed by atoms with Gasteiger partial charge in [0.2, 0.25) is 27.7 Å². The number of aromatic nitrogens is 1. The Morgan fingerprint density at radius 3 is 2.49 bits per heavy atom. The molecule has 2 aliphatic heterocycles. The Hall–Kier alpha value is -3.24. The third-order valence-corrected chi connectivity index (χ3v) is 8.36. The minimum absolute atomic E-state index is 0.0893. The van der Waals surface area contributed by atoms with Crippen molar-refractivity contribution in [2.45, 2.75) is 82.7 Å². The van der Waals surface area contributed by atoms with Crippen molar-refractivity contribution >= 4 is 56.9 Å². The van der Waals surface area contributed by atoms with Gasteiger partial charge >= 0.3 is 5.97 Å². The van der Waals surface area contributed by atoms with E-state index in [9.17, 15) is 32.7 Å². The van der Waals surface area contributed by atoms with E-state index in [4.69, 9.17) is 32.4 Å². The van der Waals surface area contributed by atoms with Crippen LogP contribution in [0.25, 0.3) is 11.3 Å². The van der Waals surface area contributed by atoms with Gasteiger partial charge in [0, 0.05) is 13.0 Å². The summed E-state index contributed by atoms with van der Waals surface area (Å²) >= 11 is 12.6. The number of rotatable bonds is 9. The number of hydrogen-bond donors (Lipinski definition) is 3. The minimum atomic E-state index is -3.83. The molecule has 0 saturated carbocycles. The van der Waals surface area contributed by atoms with Gasteiger partial charge in [0.15, 0.2) is 11.9 Å². The molecular weight excluding hydrogens is 653 g/mol. The molecule has 3 heterocycles. The second-order valence-electron chi connectivity index (χ2n) is 11.8. The van der Waals surface area contributed by atoms with E-state index >= 15 is 0 Å². The SMILES string of the molecule is CC(C)(C)OC(=O)CC(NC(=O)C1CCCN2C(=O)CCC(NS(C)(=O)=O)C(=O)N12)C(O)c1ncc(-c2c(Cl)cccc2Cl)o1. The predicted molar refractivity (Wildman–Crippen MR) is 162 cm³/mol. The highest BCUT2D eigenvalue weighted by Crippen LogP contribution is 2.36. The summed E-state index contributed by atoms with van der Waals surface area (Å²) in [5.74, 6) is -2.91. The number of nitrogens with zero attached hydrogens (tertiary/aromatic N) is 3. The number of aliphatic hydroxyl groups is 1. The Balaban J connectivity index is 1.63. The molecule has 1 aromatic heterocycles. The lowest BCUT2D eigenvalue weighted by molar-refractivity contribution is -0.176. The van der Waals surface area contributed by atoms with Crippen molar-refractivity contribution in [1.29, 1.82) is 0 Å². The normalized spacial score (nSPS) is 20.7. The van der Waals surface area contributed by atoms with Crippen molar-refractivity contribution < 1.29 is 41.9 Å². The number of hydrazine groups is 1. The molecular formula is C28H35Cl2N5O9S. The van der Waals surface area contributed by atoms with Crippen LogP contribution < -0.4 is 10.0 Å². The number of ether oxygens (including phenoxy) is 1. The van der Waals surface area contributed by atoms with E-state index in [1.807, 2.05) is 0 Å². The Bertz CT molecular complexity index is 1560. The number of amides is 3. The van der Waals surface area contributed by atoms with E-state index < -0.39 is 70.0 Å². The van der Waals surface area contributed by atoms with Crippen molar-refractivity contribution in [2.75, 3.05) is 12.8 Å². The highest BCUT2D eigenvalue weighted by molar-refractivity contribution is 7.88. The van der Waals surface area contributed by atoms with Gasteiger partial charge in [-0.3, -0.25) is 24.2 Å². The van der Waals surface area contributed by atoms with E-state index in [2.05, 4.69) is 15.0 Å². The van der Waals surface area contributed by atoms with E-state index in [1.54, 1.807) is 39.0 Å². The summed E-state index contributed by atoms with van der Waals surface area (Å²) in [6.45, 7) is 5.11. The van der Waals surface area contributed by atoms with Crippen molar-refractivity contribution in [3.8, 4) is 11.3 Å². The molecule has 45 heavy (non-hydrogen) atoms. The number of halogens is 2. The molecule has 3 amide bonds. The summed E-state index contributed by atoms with van der Waals surface area (Å²) < 4.78 is 37.3. The molecule has 0 aliphatic carbocycles. The van der Waals surface area contributed by atoms with E-state index in [1.165, 1.54) is 6.20 Å². The van der Waals surface area contributed by atoms with Crippen molar-refractivity contribution in [2.24, 2.45) is 0 Å². The fourth-order valence-corrected chi connectivity index (χ4v) is 6.49. The van der Waals surface area contributed by atoms with Crippen LogP contribution in [0.2, 0.25) is 10.0 Å². The molecule has 2 aromatic rings. The van der Waals surface area contributed by atoms with Gasteiger partial charge in [0.05, 0.1) is 40.5 Å². The molecule has 17 heteroatoms. The van der Waals surface area contributed by atoms with Crippen molar-refractivity contribution in [3.63, 3.8) is 0 Å². The van der Waals surface area contributed by atoms with Crippen LogP contribution in [0.4, 0.5) is 0 Å². The van der Waals surface area contributed by atoms with Gasteiger partial charge < -0.3 is 19.6 Å². The van der Waals surface area contributed by atoms with Crippen LogP contribution in [0.5, 0.6) is 0 Å². The lowest BCUT2D eigenvalue weighted by Crippen LogP contribution is -2.64. The lowest BCUT2D eigenvalue weighted by atomic mass is 10.0. The number of carbonyl (C=O) groups excluding carboxylic acids is 4. The predicted octanol–water partition coefficient (Wildman–Crippen LogP) is 2.34. The first-order chi connectivity index (χ1) is 20.9. The first kappa shape index (κ1) is 34.6. The van der Waals surface area contributed by atoms with E-state index in [0.717, 1.165) is 16.3 Å². The Morgan fingerprint density at radius 2 is 1.87 bits per heavy atom. The quantitative estimate of drug-likeness (QED) is 0.330. The first-order valence-electron chi connectivity index (χ1n) is 14.2. The van der Waals surface area contributed by atoms with Gasteiger partial charge in [-0.2, -0.15) is 0 Å². The van der Waals surface area contributed by atoms with Crippen molar-refractivity contribution in [1.82, 2.24) is 25.0 Å². The zero-order chi connectivity index (χ0) is 33.3. The summed E-state index contributed by atoms with van der Waals surface area (Å²) in [5.41, 5.74) is -0.555. The van der Waals surface area contributed by atoms with Gasteiger partial charge in [-0.15, -0.1) is 0 Å². The highest BCUT2D eigenvalue weighted by Gasteiger charge is 2.45. The molecule has 0 radical (unpaired) electrons. The summed E-state index contributed by atoms with van der Waals surface area (Å²) in [6.07, 6.45) is 0.248. The van der Waals surface area contributed by atoms with Crippen LogP contribution in [0, 0.1) is 0 Å². The van der Waals surface area contributed by atoms with Crippen molar-refractivity contribution in [3.05, 3.63) is 40.3 Å². The number of esters is 1. The number of hydrogen-bond acceptors (Lipinski definition) is 10. The summed E-state index contributed by atoms with van der Waals surface area (Å²) in [5, 5.41) is 16.6. The molecule has 246 valence electrons. The zero-order valence-electron chi connectivity index (χ0n) is 25.1. The summed E-state index contributed by atoms with van der Waals surface area (Å²) in [6, 6.07) is 0.927. The summed E-state index contributed by atoms with van der Waals surface area (Å²) in [7, 11) is -3.83. The van der Waals surface area contributed by atoms with E-state index in [0.29, 0.717) is 12.0 Å². The molecule has 3 N–H and O–H groups in total. The first-order valence-corrected chi connectivity index (χ1v) is 16.8. The number of nitrogens with one attached hydrogen (secondary N) is 2. The van der Waals surface area contributed by atoms with Gasteiger partial charge in [-0.1, -0.05) is 29.3 Å². The smallest absolute Gasteiger partial charge is 0.308 e. The lowest BCUT2D eigenvalue weighted by Gasteiger charge is -2.43. The molecule has 4 unspecified atom stereocenters. The van der Waals surface area contributed by atoms with Crippen LogP contribution in [0.3, 0.4) is 0 Å². The molecule has 2 aliphatic rings. The number of sulfonamides is 1. The number of benzene rings is 1. The molecule has 0 spiro atoms. The van der Waals surface area contributed by atoms with Crippen LogP contribution in [0.15, 0.2) is 28.8 Å². The molecule has 2 saturated heterocycles. The Morgan fingerprint density at radius 1 is 1.20 bits per heavy atom. The average molecular weight is 689 g/mol. The largest absolute Gasteiger partial charge is 0.460 e. The maximum absolute atomic E-state index is 13.8. The van der Waals surface area contributed by atoms with Crippen LogP contribution in [0.1, 0.15) is 64.9 Å². The van der Waals surface area contributed by atoms with Gasteiger partial charge in [0.25, 0.3) is 5.91 Å². The van der Waals surface area contributed by atoms with Gasteiger partial charge in [-0.05, 0) is 52.2 Å². The van der Waals surface area contributed by atoms with Crippen LogP contribution in [-0.4, -0.2) is 88.7 Å². The third-order valence-electron chi connectivity index (χ3n) is 7.02. The maximum Gasteiger partial charge on any atom is 0.308 e. The molecule has 4 atom stereocenters. The monoisotopic (exact) mass is 687 g/mol. The standard InChI is InChI=1S/C28H35Cl2N5O9S/c1-28(2,3)44-22(37)13-18(24(38)26-31-14-20(43-26)23-15(29)7-5-8-16(23)30)32-25(39)19-9-6-12-34-21(36)11-10-17(27(40)35(19)34)33-45(4,41)42/h5,7-8,14,17-19,24,33,38H,6,9-13H2,1-4H3,(H,32,39). The topological polar surface area (TPSA) is 188 Å². The zero-order valence-corrected chi connectivity index (χ0v) is 27.4. The number of aliphatic hydroxyl groups excluding tert-OH is 1. The van der Waals surface area contributed by atoms with E-state index in [-0.39, 0.29) is 47.5 Å². The molecule has 2 fully saturated rings. The second kappa shape index (κ2) is 13.6. The second-order valence-corrected chi connectivity index (χ2v) is 14.4. The molecule has 14 nitrogen and oxygen atoms in total. The Labute approximate surface area is 270 Å². The van der Waals surface area contributed by atoms with Crippen LogP contribution >= 0.6 is 23.2 Å². The molecule has 0 bridgehead atoms. The minimum Gasteiger partial charge on any atom is -0.460 e. The fraction of sp³-hybridized carbons (Fsp3) is 0.536. The maximum atomic E-state index is 13.8. The Kier molecular flexibility index (Phi) is 10.5.